The topological polar surface area (TPSA) is 80.8 Å². The number of carbonyl (C=O) groups excluding carboxylic acids is 2. The maximum atomic E-state index is 13.8. The molecular weight excluding hydrogens is 414 g/mol. The minimum absolute atomic E-state index is 0.0996. The first-order valence-corrected chi connectivity index (χ1v) is 12.3. The second-order valence-electron chi connectivity index (χ2n) is 8.61. The molecule has 2 aliphatic heterocycles. The van der Waals surface area contributed by atoms with E-state index in [0.717, 1.165) is 24.0 Å². The number of sulfone groups is 1. The Hall–Kier alpha value is -2.51. The standard InChI is InChI=1S/C24H25NO5S/c1-30-24(27)23-17-11-6-5-10-16(17)22-21(31(28,29)15-8-3-2-4-9-15)14-18-19(25(22)23)12-7-13-20(18)26/h2-6,8-11,18-19,21-23H,7,12-14H2,1H3/t18-,19+,21+,22+,23-/m0/s1. The number of rotatable bonds is 3. The van der Waals surface area contributed by atoms with E-state index in [-0.39, 0.29) is 23.1 Å². The number of hydrogen-bond acceptors (Lipinski definition) is 6. The van der Waals surface area contributed by atoms with E-state index in [1.165, 1.54) is 7.11 Å². The highest BCUT2D eigenvalue weighted by atomic mass is 32.2. The van der Waals surface area contributed by atoms with E-state index < -0.39 is 39.1 Å². The van der Waals surface area contributed by atoms with Crippen LogP contribution in [0.1, 0.15) is 48.9 Å². The smallest absolute Gasteiger partial charge is 0.327 e. The van der Waals surface area contributed by atoms with E-state index in [9.17, 15) is 18.0 Å². The molecule has 2 heterocycles. The lowest BCUT2D eigenvalue weighted by atomic mass is 9.75. The third-order valence-electron chi connectivity index (χ3n) is 7.15. The second kappa shape index (κ2) is 7.57. The molecule has 5 rings (SSSR count). The van der Waals surface area contributed by atoms with Gasteiger partial charge in [0.1, 0.15) is 11.8 Å². The quantitative estimate of drug-likeness (QED) is 0.683. The molecule has 2 aromatic carbocycles. The maximum Gasteiger partial charge on any atom is 0.327 e. The SMILES string of the molecule is COC(=O)[C@@H]1c2ccccc2[C@@H]2[C@H](S(=O)(=O)c3ccccc3)C[C@@H]3C(=O)CCC[C@H]3N12. The van der Waals surface area contributed by atoms with Crippen LogP contribution in [-0.4, -0.2) is 43.5 Å². The van der Waals surface area contributed by atoms with E-state index in [1.54, 1.807) is 30.3 Å². The monoisotopic (exact) mass is 439 g/mol. The summed E-state index contributed by atoms with van der Waals surface area (Å²) >= 11 is 0. The molecule has 1 saturated carbocycles. The summed E-state index contributed by atoms with van der Waals surface area (Å²) in [5.41, 5.74) is 1.63. The molecule has 0 N–H and O–H groups in total. The average molecular weight is 440 g/mol. The summed E-state index contributed by atoms with van der Waals surface area (Å²) in [6.45, 7) is 0. The molecule has 3 aliphatic rings. The van der Waals surface area contributed by atoms with Gasteiger partial charge < -0.3 is 4.74 Å². The Labute approximate surface area is 182 Å². The first-order valence-electron chi connectivity index (χ1n) is 10.7. The van der Waals surface area contributed by atoms with Crippen molar-refractivity contribution in [3.8, 4) is 0 Å². The van der Waals surface area contributed by atoms with Crippen LogP contribution in [-0.2, 0) is 24.2 Å². The van der Waals surface area contributed by atoms with Crippen molar-refractivity contribution >= 4 is 21.6 Å². The van der Waals surface area contributed by atoms with Crippen LogP contribution in [0.15, 0.2) is 59.5 Å². The third kappa shape index (κ3) is 3.05. The summed E-state index contributed by atoms with van der Waals surface area (Å²) < 4.78 is 32.8. The van der Waals surface area contributed by atoms with Gasteiger partial charge >= 0.3 is 5.97 Å². The number of methoxy groups -OCH3 is 1. The van der Waals surface area contributed by atoms with Crippen LogP contribution in [0, 0.1) is 5.92 Å². The zero-order valence-corrected chi connectivity index (χ0v) is 18.1. The molecule has 0 radical (unpaired) electrons. The predicted molar refractivity (Wildman–Crippen MR) is 114 cm³/mol. The Morgan fingerprint density at radius 1 is 1.03 bits per heavy atom. The highest BCUT2D eigenvalue weighted by Crippen LogP contribution is 2.55. The first kappa shape index (κ1) is 20.4. The number of fused-ring (bicyclic) bond motifs is 5. The van der Waals surface area contributed by atoms with E-state index in [2.05, 4.69) is 0 Å². The van der Waals surface area contributed by atoms with Crippen molar-refractivity contribution in [1.82, 2.24) is 4.90 Å². The van der Waals surface area contributed by atoms with Gasteiger partial charge in [0, 0.05) is 18.4 Å². The summed E-state index contributed by atoms with van der Waals surface area (Å²) in [7, 11) is -2.38. The number of ketones is 1. The molecule has 0 unspecified atom stereocenters. The normalized spacial score (nSPS) is 30.2. The summed E-state index contributed by atoms with van der Waals surface area (Å²) in [5.74, 6) is -0.707. The van der Waals surface area contributed by atoms with Crippen molar-refractivity contribution in [3.63, 3.8) is 0 Å². The van der Waals surface area contributed by atoms with Gasteiger partial charge in [0.05, 0.1) is 23.3 Å². The number of Topliss-reactive ketones (excluding diaryl/α,β-unsaturated/α-hetero) is 1. The minimum atomic E-state index is -3.73. The molecule has 5 atom stereocenters. The van der Waals surface area contributed by atoms with Gasteiger partial charge in [-0.2, -0.15) is 0 Å². The van der Waals surface area contributed by atoms with Crippen LogP contribution in [0.5, 0.6) is 0 Å². The highest BCUT2D eigenvalue weighted by Gasteiger charge is 2.58. The molecule has 0 spiro atoms. The lowest BCUT2D eigenvalue weighted by Gasteiger charge is -2.49. The Balaban J connectivity index is 1.70. The number of carbonyl (C=O) groups is 2. The van der Waals surface area contributed by atoms with Crippen molar-refractivity contribution < 1.29 is 22.7 Å². The summed E-state index contributed by atoms with van der Waals surface area (Å²) in [6.07, 6.45) is 2.27. The molecular formula is C24H25NO5S. The third-order valence-corrected chi connectivity index (χ3v) is 9.32. The molecule has 7 heteroatoms. The Morgan fingerprint density at radius 2 is 1.71 bits per heavy atom. The Kier molecular flexibility index (Phi) is 4.98. The summed E-state index contributed by atoms with van der Waals surface area (Å²) in [6, 6.07) is 14.6. The van der Waals surface area contributed by atoms with Crippen LogP contribution in [0.25, 0.3) is 0 Å². The average Bonchev–Trinajstić information content (AvgIpc) is 3.14. The van der Waals surface area contributed by atoms with Gasteiger partial charge in [0.2, 0.25) is 0 Å². The number of piperidine rings is 1. The zero-order chi connectivity index (χ0) is 21.8. The van der Waals surface area contributed by atoms with Gasteiger partial charge in [-0.15, -0.1) is 0 Å². The number of esters is 1. The van der Waals surface area contributed by atoms with Gasteiger partial charge in [0.15, 0.2) is 9.84 Å². The Bertz CT molecular complexity index is 1130. The molecule has 6 nitrogen and oxygen atoms in total. The van der Waals surface area contributed by atoms with Crippen molar-refractivity contribution in [1.29, 1.82) is 0 Å². The number of nitrogens with zero attached hydrogens (tertiary/aromatic N) is 1. The highest BCUT2D eigenvalue weighted by molar-refractivity contribution is 7.92. The number of ether oxygens (including phenoxy) is 1. The molecule has 1 aliphatic carbocycles. The van der Waals surface area contributed by atoms with Crippen LogP contribution in [0.2, 0.25) is 0 Å². The molecule has 2 fully saturated rings. The van der Waals surface area contributed by atoms with Gasteiger partial charge in [-0.25, -0.2) is 13.2 Å². The van der Waals surface area contributed by atoms with Crippen molar-refractivity contribution in [2.24, 2.45) is 5.92 Å². The lowest BCUT2D eigenvalue weighted by molar-refractivity contribution is -0.153. The molecule has 0 bridgehead atoms. The fourth-order valence-corrected chi connectivity index (χ4v) is 7.83. The van der Waals surface area contributed by atoms with Gasteiger partial charge in [0.25, 0.3) is 0 Å². The number of hydrogen-bond donors (Lipinski definition) is 0. The van der Waals surface area contributed by atoms with E-state index in [4.69, 9.17) is 4.74 Å². The largest absolute Gasteiger partial charge is 0.468 e. The maximum absolute atomic E-state index is 13.8. The van der Waals surface area contributed by atoms with Gasteiger partial charge in [-0.3, -0.25) is 9.69 Å². The summed E-state index contributed by atoms with van der Waals surface area (Å²) in [5, 5.41) is -0.811. The molecule has 0 amide bonds. The molecule has 1 saturated heterocycles. The summed E-state index contributed by atoms with van der Waals surface area (Å²) in [4.78, 5) is 28.1. The molecule has 31 heavy (non-hydrogen) atoms. The van der Waals surface area contributed by atoms with E-state index >= 15 is 0 Å². The first-order chi connectivity index (χ1) is 14.9. The molecule has 2 aromatic rings. The van der Waals surface area contributed by atoms with E-state index in [0.29, 0.717) is 6.42 Å². The van der Waals surface area contributed by atoms with Crippen molar-refractivity contribution in [2.45, 2.75) is 54.0 Å². The Morgan fingerprint density at radius 3 is 2.42 bits per heavy atom. The fourth-order valence-electron chi connectivity index (χ4n) is 5.85. The minimum Gasteiger partial charge on any atom is -0.468 e. The second-order valence-corrected chi connectivity index (χ2v) is 10.8. The van der Waals surface area contributed by atoms with Gasteiger partial charge in [-0.1, -0.05) is 42.5 Å². The molecule has 0 aromatic heterocycles. The molecule has 162 valence electrons. The van der Waals surface area contributed by atoms with Crippen LogP contribution < -0.4 is 0 Å². The van der Waals surface area contributed by atoms with Crippen LogP contribution in [0.3, 0.4) is 0 Å². The number of benzene rings is 2. The van der Waals surface area contributed by atoms with Crippen LogP contribution in [0.4, 0.5) is 0 Å². The van der Waals surface area contributed by atoms with Crippen LogP contribution >= 0.6 is 0 Å². The predicted octanol–water partition coefficient (Wildman–Crippen LogP) is 3.24. The zero-order valence-electron chi connectivity index (χ0n) is 17.3. The fraction of sp³-hybridized carbons (Fsp3) is 0.417. The van der Waals surface area contributed by atoms with Crippen molar-refractivity contribution in [2.75, 3.05) is 7.11 Å². The van der Waals surface area contributed by atoms with Gasteiger partial charge in [-0.05, 0) is 42.5 Å². The van der Waals surface area contributed by atoms with E-state index in [1.807, 2.05) is 29.2 Å². The lowest BCUT2D eigenvalue weighted by Crippen LogP contribution is -2.57. The van der Waals surface area contributed by atoms with Crippen molar-refractivity contribution in [3.05, 3.63) is 65.7 Å².